The Morgan fingerprint density at radius 3 is 2.52 bits per heavy atom. The Morgan fingerprint density at radius 1 is 1.26 bits per heavy atom. The topological polar surface area (TPSA) is 83.9 Å². The minimum atomic E-state index is -0.943. The number of rotatable bonds is 9. The molecule has 0 atom stereocenters. The number of hydrogen-bond donors (Lipinski definition) is 1. The van der Waals surface area contributed by atoms with Crippen molar-refractivity contribution >= 4 is 17.7 Å². The molecule has 6 nitrogen and oxygen atoms in total. The van der Waals surface area contributed by atoms with Gasteiger partial charge in [-0.05, 0) is 25.0 Å². The SMILES string of the molecule is CC(=O)c1cccc(OCC(=O)N(CCC(=O)O)CC(C)C)c1. The number of carboxylic acid groups (broad SMARTS) is 1. The number of amides is 1. The van der Waals surface area contributed by atoms with Gasteiger partial charge in [0.05, 0.1) is 6.42 Å². The number of ketones is 1. The second-order valence-corrected chi connectivity index (χ2v) is 5.75. The van der Waals surface area contributed by atoms with E-state index in [0.29, 0.717) is 17.9 Å². The van der Waals surface area contributed by atoms with E-state index in [1.165, 1.54) is 11.8 Å². The van der Waals surface area contributed by atoms with Gasteiger partial charge in [0, 0.05) is 18.7 Å². The lowest BCUT2D eigenvalue weighted by molar-refractivity contribution is -0.139. The van der Waals surface area contributed by atoms with E-state index in [9.17, 15) is 14.4 Å². The van der Waals surface area contributed by atoms with Gasteiger partial charge in [-0.2, -0.15) is 0 Å². The van der Waals surface area contributed by atoms with E-state index in [0.717, 1.165) is 0 Å². The maximum atomic E-state index is 12.2. The Balaban J connectivity index is 2.65. The summed E-state index contributed by atoms with van der Waals surface area (Å²) >= 11 is 0. The number of ether oxygens (including phenoxy) is 1. The van der Waals surface area contributed by atoms with Gasteiger partial charge in [-0.3, -0.25) is 14.4 Å². The van der Waals surface area contributed by atoms with Crippen molar-refractivity contribution in [1.29, 1.82) is 0 Å². The molecule has 1 aromatic rings. The third-order valence-corrected chi connectivity index (χ3v) is 3.14. The molecule has 1 aromatic carbocycles. The third-order valence-electron chi connectivity index (χ3n) is 3.14. The number of carbonyl (C=O) groups excluding carboxylic acids is 2. The lowest BCUT2D eigenvalue weighted by Gasteiger charge is -2.24. The van der Waals surface area contributed by atoms with Gasteiger partial charge in [0.25, 0.3) is 5.91 Å². The number of carbonyl (C=O) groups is 3. The average molecular weight is 321 g/mol. The van der Waals surface area contributed by atoms with Crippen molar-refractivity contribution in [3.05, 3.63) is 29.8 Å². The van der Waals surface area contributed by atoms with Crippen molar-refractivity contribution in [3.63, 3.8) is 0 Å². The van der Waals surface area contributed by atoms with Gasteiger partial charge in [-0.15, -0.1) is 0 Å². The van der Waals surface area contributed by atoms with E-state index in [1.807, 2.05) is 13.8 Å². The van der Waals surface area contributed by atoms with Crippen molar-refractivity contribution < 1.29 is 24.2 Å². The molecule has 0 aliphatic rings. The maximum absolute atomic E-state index is 12.2. The van der Waals surface area contributed by atoms with Crippen LogP contribution < -0.4 is 4.74 Å². The van der Waals surface area contributed by atoms with E-state index in [2.05, 4.69) is 0 Å². The van der Waals surface area contributed by atoms with Crippen LogP contribution >= 0.6 is 0 Å². The molecule has 0 aliphatic heterocycles. The van der Waals surface area contributed by atoms with Gasteiger partial charge in [0.2, 0.25) is 0 Å². The summed E-state index contributed by atoms with van der Waals surface area (Å²) in [4.78, 5) is 35.7. The molecule has 0 aliphatic carbocycles. The fraction of sp³-hybridized carbons (Fsp3) is 0.471. The molecule has 126 valence electrons. The van der Waals surface area contributed by atoms with Crippen LogP contribution in [0.25, 0.3) is 0 Å². The highest BCUT2D eigenvalue weighted by Crippen LogP contribution is 2.14. The highest BCUT2D eigenvalue weighted by Gasteiger charge is 2.17. The minimum Gasteiger partial charge on any atom is -0.484 e. The van der Waals surface area contributed by atoms with Crippen LogP contribution in [0.1, 0.15) is 37.6 Å². The highest BCUT2D eigenvalue weighted by molar-refractivity contribution is 5.94. The highest BCUT2D eigenvalue weighted by atomic mass is 16.5. The smallest absolute Gasteiger partial charge is 0.305 e. The van der Waals surface area contributed by atoms with E-state index < -0.39 is 5.97 Å². The van der Waals surface area contributed by atoms with Crippen LogP contribution in [-0.4, -0.2) is 47.4 Å². The summed E-state index contributed by atoms with van der Waals surface area (Å²) in [7, 11) is 0. The summed E-state index contributed by atoms with van der Waals surface area (Å²) in [6, 6.07) is 6.62. The minimum absolute atomic E-state index is 0.0790. The summed E-state index contributed by atoms with van der Waals surface area (Å²) in [5.74, 6) is -0.623. The predicted octanol–water partition coefficient (Wildman–Crippen LogP) is 2.23. The first kappa shape index (κ1) is 18.7. The van der Waals surface area contributed by atoms with Crippen LogP contribution in [0.5, 0.6) is 5.75 Å². The first-order valence-electron chi connectivity index (χ1n) is 7.53. The van der Waals surface area contributed by atoms with Crippen LogP contribution in [0.2, 0.25) is 0 Å². The van der Waals surface area contributed by atoms with E-state index >= 15 is 0 Å². The molecular weight excluding hydrogens is 298 g/mol. The molecule has 1 N–H and O–H groups in total. The zero-order valence-electron chi connectivity index (χ0n) is 13.7. The summed E-state index contributed by atoms with van der Waals surface area (Å²) in [5.41, 5.74) is 0.514. The fourth-order valence-electron chi connectivity index (χ4n) is 2.03. The normalized spacial score (nSPS) is 10.4. The number of benzene rings is 1. The van der Waals surface area contributed by atoms with E-state index in [1.54, 1.807) is 24.3 Å². The fourth-order valence-corrected chi connectivity index (χ4v) is 2.03. The number of aliphatic carboxylic acids is 1. The average Bonchev–Trinajstić information content (AvgIpc) is 2.48. The van der Waals surface area contributed by atoms with Gasteiger partial charge in [-0.1, -0.05) is 26.0 Å². The monoisotopic (exact) mass is 321 g/mol. The van der Waals surface area contributed by atoms with Crippen LogP contribution in [0.3, 0.4) is 0 Å². The second kappa shape index (κ2) is 8.92. The van der Waals surface area contributed by atoms with E-state index in [-0.39, 0.29) is 37.2 Å². The van der Waals surface area contributed by atoms with Crippen molar-refractivity contribution in [2.45, 2.75) is 27.2 Å². The Labute approximate surface area is 136 Å². The lowest BCUT2D eigenvalue weighted by Crippen LogP contribution is -2.39. The molecule has 0 heterocycles. The first-order chi connectivity index (χ1) is 10.8. The van der Waals surface area contributed by atoms with Crippen LogP contribution in [-0.2, 0) is 9.59 Å². The lowest BCUT2D eigenvalue weighted by atomic mass is 10.1. The molecule has 0 radical (unpaired) electrons. The third kappa shape index (κ3) is 6.95. The molecule has 6 heteroatoms. The Kier molecular flexibility index (Phi) is 7.25. The second-order valence-electron chi connectivity index (χ2n) is 5.75. The first-order valence-corrected chi connectivity index (χ1v) is 7.53. The zero-order chi connectivity index (χ0) is 17.4. The van der Waals surface area contributed by atoms with Gasteiger partial charge < -0.3 is 14.7 Å². The molecule has 0 fully saturated rings. The molecule has 0 saturated carbocycles. The number of hydrogen-bond acceptors (Lipinski definition) is 4. The van der Waals surface area contributed by atoms with Gasteiger partial charge >= 0.3 is 5.97 Å². The Hall–Kier alpha value is -2.37. The number of Topliss-reactive ketones (excluding diaryl/α,β-unsaturated/α-hetero) is 1. The molecule has 0 spiro atoms. The van der Waals surface area contributed by atoms with Gasteiger partial charge in [0.15, 0.2) is 12.4 Å². The standard InChI is InChI=1S/C17H23NO5/c1-12(2)10-18(8-7-17(21)22)16(20)11-23-15-6-4-5-14(9-15)13(3)19/h4-6,9,12H,7-8,10-11H2,1-3H3,(H,21,22). The largest absolute Gasteiger partial charge is 0.484 e. The molecule has 0 saturated heterocycles. The van der Waals surface area contributed by atoms with Gasteiger partial charge in [0.1, 0.15) is 5.75 Å². The van der Waals surface area contributed by atoms with Crippen LogP contribution in [0.15, 0.2) is 24.3 Å². The predicted molar refractivity (Wildman–Crippen MR) is 85.6 cm³/mol. The molecular formula is C17H23NO5. The molecule has 1 rings (SSSR count). The van der Waals surface area contributed by atoms with Crippen LogP contribution in [0, 0.1) is 5.92 Å². The van der Waals surface area contributed by atoms with Crippen molar-refractivity contribution in [2.24, 2.45) is 5.92 Å². The van der Waals surface area contributed by atoms with Crippen molar-refractivity contribution in [2.75, 3.05) is 19.7 Å². The molecule has 23 heavy (non-hydrogen) atoms. The Morgan fingerprint density at radius 2 is 1.96 bits per heavy atom. The molecule has 0 bridgehead atoms. The molecule has 0 aromatic heterocycles. The van der Waals surface area contributed by atoms with E-state index in [4.69, 9.17) is 9.84 Å². The number of nitrogens with zero attached hydrogens (tertiary/aromatic N) is 1. The zero-order valence-corrected chi connectivity index (χ0v) is 13.7. The molecule has 1 amide bonds. The maximum Gasteiger partial charge on any atom is 0.305 e. The molecule has 0 unspecified atom stereocenters. The van der Waals surface area contributed by atoms with Crippen molar-refractivity contribution in [1.82, 2.24) is 4.90 Å². The van der Waals surface area contributed by atoms with Crippen molar-refractivity contribution in [3.8, 4) is 5.75 Å². The quantitative estimate of drug-likeness (QED) is 0.705. The van der Waals surface area contributed by atoms with Gasteiger partial charge in [-0.25, -0.2) is 0 Å². The summed E-state index contributed by atoms with van der Waals surface area (Å²) < 4.78 is 5.44. The summed E-state index contributed by atoms with van der Waals surface area (Å²) in [6.45, 7) is 5.82. The van der Waals surface area contributed by atoms with Crippen LogP contribution in [0.4, 0.5) is 0 Å². The number of carboxylic acids is 1. The summed E-state index contributed by atoms with van der Waals surface area (Å²) in [6.07, 6.45) is -0.0989. The summed E-state index contributed by atoms with van der Waals surface area (Å²) in [5, 5.41) is 8.77. The Bertz CT molecular complexity index is 568.